The molecule has 21 heavy (non-hydrogen) atoms. The molecule has 5 heteroatoms. The fourth-order valence-corrected chi connectivity index (χ4v) is 2.24. The van der Waals surface area contributed by atoms with Crippen LogP contribution in [0.25, 0.3) is 0 Å². The fraction of sp³-hybridized carbons (Fsp3) is 0.250. The Morgan fingerprint density at radius 3 is 2.33 bits per heavy atom. The highest BCUT2D eigenvalue weighted by molar-refractivity contribution is 5.48. The highest BCUT2D eigenvalue weighted by atomic mass is 16.6. The summed E-state index contributed by atoms with van der Waals surface area (Å²) in [6.45, 7) is 4.02. The van der Waals surface area contributed by atoms with Gasteiger partial charge in [-0.1, -0.05) is 35.4 Å². The van der Waals surface area contributed by atoms with Gasteiger partial charge in [0.05, 0.1) is 11.5 Å². The largest absolute Gasteiger partial charge is 0.482 e. The summed E-state index contributed by atoms with van der Waals surface area (Å²) in [5, 5.41) is 20.1. The van der Waals surface area contributed by atoms with Crippen LogP contribution in [0.2, 0.25) is 0 Å². The normalized spacial score (nSPS) is 10.4. The first kappa shape index (κ1) is 15.0. The number of rotatable bonds is 5. The summed E-state index contributed by atoms with van der Waals surface area (Å²) in [4.78, 5) is 10.5. The number of aliphatic hydroxyl groups is 1. The molecule has 0 bridgehead atoms. The Kier molecular flexibility index (Phi) is 4.55. The summed E-state index contributed by atoms with van der Waals surface area (Å²) in [5.74, 6) is 0.205. The molecule has 5 nitrogen and oxygen atoms in total. The van der Waals surface area contributed by atoms with E-state index < -0.39 is 4.92 Å². The van der Waals surface area contributed by atoms with E-state index >= 15 is 0 Å². The molecule has 110 valence electrons. The monoisotopic (exact) mass is 287 g/mol. The SMILES string of the molecule is Cc1cc(C)cc(COc2ccc(CO)cc2[N+](=O)[O-])c1. The van der Waals surface area contributed by atoms with Crippen molar-refractivity contribution in [1.29, 1.82) is 0 Å². The predicted octanol–water partition coefficient (Wildman–Crippen LogP) is 3.28. The maximum absolute atomic E-state index is 11.1. The second kappa shape index (κ2) is 6.37. The van der Waals surface area contributed by atoms with Crippen LogP contribution in [0.5, 0.6) is 5.75 Å². The highest BCUT2D eigenvalue weighted by Crippen LogP contribution is 2.29. The van der Waals surface area contributed by atoms with Crippen molar-refractivity contribution in [2.24, 2.45) is 0 Å². The Hall–Kier alpha value is -2.40. The van der Waals surface area contributed by atoms with E-state index in [9.17, 15) is 10.1 Å². The molecule has 0 aromatic heterocycles. The number of hydrogen-bond donors (Lipinski definition) is 1. The van der Waals surface area contributed by atoms with Gasteiger partial charge >= 0.3 is 5.69 Å². The Bertz CT molecular complexity index is 647. The lowest BCUT2D eigenvalue weighted by Gasteiger charge is -2.09. The van der Waals surface area contributed by atoms with Gasteiger partial charge in [0.15, 0.2) is 5.75 Å². The highest BCUT2D eigenvalue weighted by Gasteiger charge is 2.16. The van der Waals surface area contributed by atoms with E-state index in [1.165, 1.54) is 12.1 Å². The van der Waals surface area contributed by atoms with Crippen LogP contribution < -0.4 is 4.74 Å². The van der Waals surface area contributed by atoms with Gasteiger partial charge in [-0.3, -0.25) is 10.1 Å². The van der Waals surface area contributed by atoms with E-state index in [0.717, 1.165) is 16.7 Å². The lowest BCUT2D eigenvalue weighted by molar-refractivity contribution is -0.386. The molecule has 0 aliphatic carbocycles. The van der Waals surface area contributed by atoms with E-state index in [2.05, 4.69) is 6.07 Å². The zero-order valence-electron chi connectivity index (χ0n) is 12.0. The van der Waals surface area contributed by atoms with Crippen LogP contribution in [-0.4, -0.2) is 10.0 Å². The maximum Gasteiger partial charge on any atom is 0.311 e. The molecule has 0 unspecified atom stereocenters. The van der Waals surface area contributed by atoms with Crippen molar-refractivity contribution in [2.45, 2.75) is 27.1 Å². The van der Waals surface area contributed by atoms with Gasteiger partial charge in [-0.2, -0.15) is 0 Å². The summed E-state index contributed by atoms with van der Waals surface area (Å²) in [5.41, 5.74) is 3.57. The van der Waals surface area contributed by atoms with Gasteiger partial charge in [0.1, 0.15) is 6.61 Å². The number of nitro benzene ring substituents is 1. The van der Waals surface area contributed by atoms with Gasteiger partial charge < -0.3 is 9.84 Å². The zero-order chi connectivity index (χ0) is 15.4. The molecule has 0 saturated carbocycles. The van der Waals surface area contributed by atoms with E-state index in [0.29, 0.717) is 5.56 Å². The van der Waals surface area contributed by atoms with Crippen LogP contribution in [0, 0.1) is 24.0 Å². The van der Waals surface area contributed by atoms with Crippen LogP contribution in [-0.2, 0) is 13.2 Å². The first-order valence-corrected chi connectivity index (χ1v) is 6.57. The van der Waals surface area contributed by atoms with Crippen molar-refractivity contribution in [1.82, 2.24) is 0 Å². The summed E-state index contributed by atoms with van der Waals surface area (Å²) in [7, 11) is 0. The average Bonchev–Trinajstić information content (AvgIpc) is 2.43. The van der Waals surface area contributed by atoms with Gasteiger partial charge in [-0.05, 0) is 31.0 Å². The van der Waals surface area contributed by atoms with E-state index in [1.807, 2.05) is 26.0 Å². The molecule has 2 rings (SSSR count). The summed E-state index contributed by atoms with van der Waals surface area (Å²) < 4.78 is 5.57. The van der Waals surface area contributed by atoms with E-state index in [4.69, 9.17) is 9.84 Å². The van der Waals surface area contributed by atoms with E-state index in [-0.39, 0.29) is 24.7 Å². The number of hydrogen-bond acceptors (Lipinski definition) is 4. The molecule has 0 radical (unpaired) electrons. The van der Waals surface area contributed by atoms with Crippen LogP contribution in [0.3, 0.4) is 0 Å². The molecule has 0 atom stereocenters. The minimum atomic E-state index is -0.504. The molecule has 2 aromatic rings. The van der Waals surface area contributed by atoms with Gasteiger partial charge in [0.25, 0.3) is 0 Å². The molecule has 0 aliphatic heterocycles. The standard InChI is InChI=1S/C16H17NO4/c1-11-5-12(2)7-14(6-11)10-21-16-4-3-13(9-18)8-15(16)17(19)20/h3-8,18H,9-10H2,1-2H3. The zero-order valence-corrected chi connectivity index (χ0v) is 12.0. The minimum absolute atomic E-state index is 0.133. The number of aryl methyl sites for hydroxylation is 2. The lowest BCUT2D eigenvalue weighted by Crippen LogP contribution is -2.00. The molecule has 0 heterocycles. The van der Waals surface area contributed by atoms with Gasteiger partial charge in [0.2, 0.25) is 0 Å². The van der Waals surface area contributed by atoms with Crippen molar-refractivity contribution in [2.75, 3.05) is 0 Å². The topological polar surface area (TPSA) is 72.6 Å². The summed E-state index contributed by atoms with van der Waals surface area (Å²) in [6, 6.07) is 10.5. The number of nitro groups is 1. The molecular formula is C16H17NO4. The number of aliphatic hydroxyl groups excluding tert-OH is 1. The predicted molar refractivity (Wildman–Crippen MR) is 79.3 cm³/mol. The van der Waals surface area contributed by atoms with Crippen LogP contribution in [0.1, 0.15) is 22.3 Å². The fourth-order valence-electron chi connectivity index (χ4n) is 2.24. The molecular weight excluding hydrogens is 270 g/mol. The molecule has 0 saturated heterocycles. The average molecular weight is 287 g/mol. The molecule has 0 aliphatic rings. The third-order valence-corrected chi connectivity index (χ3v) is 3.08. The number of nitrogens with zero attached hydrogens (tertiary/aromatic N) is 1. The third kappa shape index (κ3) is 3.79. The smallest absolute Gasteiger partial charge is 0.311 e. The first-order valence-electron chi connectivity index (χ1n) is 6.57. The van der Waals surface area contributed by atoms with Crippen molar-refractivity contribution in [3.63, 3.8) is 0 Å². The van der Waals surface area contributed by atoms with Crippen LogP contribution in [0.15, 0.2) is 36.4 Å². The number of ether oxygens (including phenoxy) is 1. The van der Waals surface area contributed by atoms with Gasteiger partial charge in [-0.15, -0.1) is 0 Å². The minimum Gasteiger partial charge on any atom is -0.482 e. The quantitative estimate of drug-likeness (QED) is 0.676. The second-order valence-corrected chi connectivity index (χ2v) is 5.00. The lowest BCUT2D eigenvalue weighted by atomic mass is 10.1. The Balaban J connectivity index is 2.21. The molecule has 2 aromatic carbocycles. The van der Waals surface area contributed by atoms with Crippen LogP contribution >= 0.6 is 0 Å². The molecule has 0 fully saturated rings. The van der Waals surface area contributed by atoms with Gasteiger partial charge in [-0.25, -0.2) is 0 Å². The Morgan fingerprint density at radius 1 is 1.10 bits per heavy atom. The first-order chi connectivity index (χ1) is 9.99. The van der Waals surface area contributed by atoms with Gasteiger partial charge in [0, 0.05) is 6.07 Å². The third-order valence-electron chi connectivity index (χ3n) is 3.08. The molecule has 1 N–H and O–H groups in total. The summed E-state index contributed by atoms with van der Waals surface area (Å²) >= 11 is 0. The Morgan fingerprint density at radius 2 is 1.76 bits per heavy atom. The van der Waals surface area contributed by atoms with E-state index in [1.54, 1.807) is 6.07 Å². The van der Waals surface area contributed by atoms with Crippen LogP contribution in [0.4, 0.5) is 5.69 Å². The van der Waals surface area contributed by atoms with Crippen molar-refractivity contribution < 1.29 is 14.8 Å². The molecule has 0 spiro atoms. The maximum atomic E-state index is 11.1. The summed E-state index contributed by atoms with van der Waals surface area (Å²) in [6.07, 6.45) is 0. The van der Waals surface area contributed by atoms with Crippen molar-refractivity contribution in [3.05, 3.63) is 68.8 Å². The Labute approximate surface area is 123 Å². The number of benzene rings is 2. The van der Waals surface area contributed by atoms with Crippen molar-refractivity contribution >= 4 is 5.69 Å². The molecule has 0 amide bonds. The second-order valence-electron chi connectivity index (χ2n) is 5.00. The van der Waals surface area contributed by atoms with Crippen molar-refractivity contribution in [3.8, 4) is 5.75 Å².